The summed E-state index contributed by atoms with van der Waals surface area (Å²) in [5.41, 5.74) is 0.346. The first-order valence-corrected chi connectivity index (χ1v) is 6.29. The van der Waals surface area contributed by atoms with E-state index in [2.05, 4.69) is 4.98 Å². The predicted molar refractivity (Wildman–Crippen MR) is 68.6 cm³/mol. The molecule has 0 saturated heterocycles. The van der Waals surface area contributed by atoms with Crippen LogP contribution in [0.5, 0.6) is 0 Å². The van der Waals surface area contributed by atoms with E-state index in [-0.39, 0.29) is 13.2 Å². The molecule has 0 aliphatic rings. The number of fused-ring (bicyclic) bond motifs is 1. The van der Waals surface area contributed by atoms with Crippen LogP contribution in [0.25, 0.3) is 4.96 Å². The highest BCUT2D eigenvalue weighted by Gasteiger charge is 2.27. The van der Waals surface area contributed by atoms with Crippen molar-refractivity contribution in [1.29, 1.82) is 0 Å². The summed E-state index contributed by atoms with van der Waals surface area (Å²) in [5.74, 6) is 0.721. The number of hydrogen-bond acceptors (Lipinski definition) is 5. The van der Waals surface area contributed by atoms with Gasteiger partial charge in [0, 0.05) is 18.6 Å². The van der Waals surface area contributed by atoms with Gasteiger partial charge in [0.2, 0.25) is 0 Å². The van der Waals surface area contributed by atoms with Crippen molar-refractivity contribution in [3.05, 3.63) is 17.3 Å². The molecule has 6 heteroatoms. The minimum absolute atomic E-state index is 0.0273. The Kier molecular flexibility index (Phi) is 3.11. The molecule has 0 aromatic carbocycles. The van der Waals surface area contributed by atoms with Crippen LogP contribution in [0.2, 0.25) is 0 Å². The van der Waals surface area contributed by atoms with Crippen LogP contribution in [0.1, 0.15) is 19.5 Å². The van der Waals surface area contributed by atoms with Crippen LogP contribution in [0.15, 0.2) is 11.6 Å². The van der Waals surface area contributed by atoms with E-state index in [0.717, 1.165) is 16.5 Å². The largest absolute Gasteiger partial charge is 0.394 e. The Balaban J connectivity index is 2.51. The van der Waals surface area contributed by atoms with Gasteiger partial charge in [-0.25, -0.2) is 4.98 Å². The van der Waals surface area contributed by atoms with E-state index in [1.165, 1.54) is 11.3 Å². The lowest BCUT2D eigenvalue weighted by Crippen LogP contribution is -2.45. The number of aliphatic hydroxyl groups is 2. The standard InChI is InChI=1S/C11H17N3O2S/c1-11(2,7-16)13(3)9-8(6-15)14-4-5-17-10(14)12-9/h4-5,15-16H,6-7H2,1-3H3. The number of hydrogen-bond donors (Lipinski definition) is 2. The first kappa shape index (κ1) is 12.3. The number of rotatable bonds is 4. The van der Waals surface area contributed by atoms with Gasteiger partial charge < -0.3 is 15.1 Å². The Morgan fingerprint density at radius 1 is 1.47 bits per heavy atom. The van der Waals surface area contributed by atoms with E-state index in [1.54, 1.807) is 0 Å². The van der Waals surface area contributed by atoms with Crippen LogP contribution in [-0.4, -0.2) is 38.8 Å². The molecule has 94 valence electrons. The second-order valence-corrected chi connectivity index (χ2v) is 5.50. The summed E-state index contributed by atoms with van der Waals surface area (Å²) in [4.78, 5) is 7.25. The van der Waals surface area contributed by atoms with E-state index in [4.69, 9.17) is 0 Å². The molecule has 2 aromatic rings. The molecule has 0 saturated carbocycles. The molecule has 2 rings (SSSR count). The van der Waals surface area contributed by atoms with Crippen molar-refractivity contribution in [2.45, 2.75) is 26.0 Å². The molecule has 0 bridgehead atoms. The van der Waals surface area contributed by atoms with Gasteiger partial charge in [0.15, 0.2) is 10.8 Å². The highest BCUT2D eigenvalue weighted by atomic mass is 32.1. The molecule has 2 heterocycles. The summed E-state index contributed by atoms with van der Waals surface area (Å²) in [5, 5.41) is 20.8. The molecule has 5 nitrogen and oxygen atoms in total. The number of aliphatic hydroxyl groups excluding tert-OH is 2. The van der Waals surface area contributed by atoms with Gasteiger partial charge in [-0.15, -0.1) is 11.3 Å². The van der Waals surface area contributed by atoms with Crippen molar-refractivity contribution in [1.82, 2.24) is 9.38 Å². The molecule has 0 atom stereocenters. The van der Waals surface area contributed by atoms with E-state index in [9.17, 15) is 10.2 Å². The zero-order valence-corrected chi connectivity index (χ0v) is 11.0. The van der Waals surface area contributed by atoms with E-state index >= 15 is 0 Å². The Morgan fingerprint density at radius 2 is 2.18 bits per heavy atom. The number of likely N-dealkylation sites (N-methyl/N-ethyl adjacent to an activating group) is 1. The fourth-order valence-electron chi connectivity index (χ4n) is 1.63. The Hall–Kier alpha value is -1.11. The van der Waals surface area contributed by atoms with Gasteiger partial charge in [-0.2, -0.15) is 0 Å². The minimum atomic E-state index is -0.409. The van der Waals surface area contributed by atoms with Gasteiger partial charge in [0.05, 0.1) is 24.4 Å². The third kappa shape index (κ3) is 1.92. The average Bonchev–Trinajstić information content (AvgIpc) is 2.87. The van der Waals surface area contributed by atoms with Gasteiger partial charge in [-0.3, -0.25) is 4.40 Å². The highest BCUT2D eigenvalue weighted by molar-refractivity contribution is 7.15. The van der Waals surface area contributed by atoms with Crippen molar-refractivity contribution in [2.24, 2.45) is 0 Å². The zero-order valence-electron chi connectivity index (χ0n) is 10.2. The first-order chi connectivity index (χ1) is 8.01. The van der Waals surface area contributed by atoms with Crippen LogP contribution < -0.4 is 4.90 Å². The second kappa shape index (κ2) is 4.29. The Labute approximate surface area is 104 Å². The predicted octanol–water partition coefficient (Wildman–Crippen LogP) is 1.10. The molecule has 0 spiro atoms. The third-order valence-corrected chi connectivity index (χ3v) is 3.86. The number of thiazole rings is 1. The normalized spacial score (nSPS) is 12.3. The number of nitrogens with zero attached hydrogens (tertiary/aromatic N) is 3. The van der Waals surface area contributed by atoms with Crippen molar-refractivity contribution >= 4 is 22.1 Å². The van der Waals surface area contributed by atoms with Crippen molar-refractivity contribution in [2.75, 3.05) is 18.6 Å². The summed E-state index contributed by atoms with van der Waals surface area (Å²) in [6, 6.07) is 0. The van der Waals surface area contributed by atoms with Gasteiger partial charge in [-0.05, 0) is 13.8 Å². The highest BCUT2D eigenvalue weighted by Crippen LogP contribution is 2.28. The van der Waals surface area contributed by atoms with Gasteiger partial charge >= 0.3 is 0 Å². The maximum atomic E-state index is 9.47. The molecule has 2 aromatic heterocycles. The quantitative estimate of drug-likeness (QED) is 0.858. The molecule has 17 heavy (non-hydrogen) atoms. The number of imidazole rings is 1. The Bertz CT molecular complexity index is 518. The molecule has 0 aliphatic heterocycles. The molecule has 0 amide bonds. The molecular weight excluding hydrogens is 238 g/mol. The summed E-state index contributed by atoms with van der Waals surface area (Å²) >= 11 is 1.52. The third-order valence-electron chi connectivity index (χ3n) is 3.10. The lowest BCUT2D eigenvalue weighted by Gasteiger charge is -2.34. The van der Waals surface area contributed by atoms with Crippen LogP contribution in [0, 0.1) is 0 Å². The van der Waals surface area contributed by atoms with E-state index < -0.39 is 5.54 Å². The van der Waals surface area contributed by atoms with Crippen LogP contribution in [-0.2, 0) is 6.61 Å². The summed E-state index contributed by atoms with van der Waals surface area (Å²) < 4.78 is 1.88. The molecule has 0 unspecified atom stereocenters. The molecule has 0 radical (unpaired) electrons. The summed E-state index contributed by atoms with van der Waals surface area (Å²) in [6.45, 7) is 3.82. The number of aromatic nitrogens is 2. The molecular formula is C11H17N3O2S. The second-order valence-electron chi connectivity index (χ2n) is 4.63. The zero-order chi connectivity index (χ0) is 12.6. The van der Waals surface area contributed by atoms with Crippen LogP contribution in [0.3, 0.4) is 0 Å². The molecule has 0 fully saturated rings. The summed E-state index contributed by atoms with van der Waals surface area (Å²) in [6.07, 6.45) is 1.89. The maximum Gasteiger partial charge on any atom is 0.195 e. The fraction of sp³-hybridized carbons (Fsp3) is 0.545. The smallest absolute Gasteiger partial charge is 0.195 e. The van der Waals surface area contributed by atoms with Gasteiger partial charge in [0.25, 0.3) is 0 Å². The van der Waals surface area contributed by atoms with Crippen LogP contribution >= 0.6 is 11.3 Å². The fourth-order valence-corrected chi connectivity index (χ4v) is 2.36. The average molecular weight is 255 g/mol. The summed E-state index contributed by atoms with van der Waals surface area (Å²) in [7, 11) is 1.88. The topological polar surface area (TPSA) is 61.0 Å². The van der Waals surface area contributed by atoms with Crippen molar-refractivity contribution in [3.8, 4) is 0 Å². The molecule has 0 aliphatic carbocycles. The SMILES string of the molecule is CN(c1nc2sccn2c1CO)C(C)(C)CO. The lowest BCUT2D eigenvalue weighted by molar-refractivity contribution is 0.214. The molecule has 2 N–H and O–H groups in total. The van der Waals surface area contributed by atoms with Gasteiger partial charge in [0.1, 0.15) is 0 Å². The van der Waals surface area contributed by atoms with Crippen LogP contribution in [0.4, 0.5) is 5.82 Å². The maximum absolute atomic E-state index is 9.47. The van der Waals surface area contributed by atoms with E-state index in [0.29, 0.717) is 0 Å². The monoisotopic (exact) mass is 255 g/mol. The lowest BCUT2D eigenvalue weighted by atomic mass is 10.1. The Morgan fingerprint density at radius 3 is 2.76 bits per heavy atom. The first-order valence-electron chi connectivity index (χ1n) is 5.41. The van der Waals surface area contributed by atoms with E-state index in [1.807, 2.05) is 41.8 Å². The van der Waals surface area contributed by atoms with Crippen molar-refractivity contribution in [3.63, 3.8) is 0 Å². The minimum Gasteiger partial charge on any atom is -0.394 e. The van der Waals surface area contributed by atoms with Gasteiger partial charge in [-0.1, -0.05) is 0 Å². The number of anilines is 1. The van der Waals surface area contributed by atoms with Crippen molar-refractivity contribution < 1.29 is 10.2 Å².